The summed E-state index contributed by atoms with van der Waals surface area (Å²) < 4.78 is 0. The molecule has 0 radical (unpaired) electrons. The largest absolute Gasteiger partial charge is 0.330 e. The second-order valence-electron chi connectivity index (χ2n) is 7.22. The van der Waals surface area contributed by atoms with Gasteiger partial charge in [-0.05, 0) is 69.4 Å². The molecule has 0 spiro atoms. The minimum atomic E-state index is 0.766. The highest BCUT2D eigenvalue weighted by Gasteiger charge is 2.40. The lowest BCUT2D eigenvalue weighted by Crippen LogP contribution is -2.45. The van der Waals surface area contributed by atoms with Gasteiger partial charge >= 0.3 is 0 Å². The van der Waals surface area contributed by atoms with Crippen LogP contribution in [0.3, 0.4) is 0 Å². The molecule has 2 heteroatoms. The van der Waals surface area contributed by atoms with Gasteiger partial charge in [-0.2, -0.15) is 0 Å². The molecule has 2 bridgehead atoms. The molecule has 0 heterocycles. The van der Waals surface area contributed by atoms with E-state index < -0.39 is 0 Å². The van der Waals surface area contributed by atoms with Gasteiger partial charge in [-0.15, -0.1) is 0 Å². The lowest BCUT2D eigenvalue weighted by atomic mass is 9.82. The number of fused-ring (bicyclic) bond motifs is 2. The van der Waals surface area contributed by atoms with Crippen molar-refractivity contribution in [3.8, 4) is 0 Å². The van der Waals surface area contributed by atoms with Gasteiger partial charge in [0, 0.05) is 12.6 Å². The molecule has 18 heavy (non-hydrogen) atoms. The van der Waals surface area contributed by atoms with Crippen LogP contribution >= 0.6 is 0 Å². The zero-order valence-corrected chi connectivity index (χ0v) is 12.0. The highest BCUT2D eigenvalue weighted by molar-refractivity contribution is 4.92. The Morgan fingerprint density at radius 2 is 1.83 bits per heavy atom. The van der Waals surface area contributed by atoms with Gasteiger partial charge in [0.2, 0.25) is 0 Å². The Labute approximate surface area is 112 Å². The van der Waals surface area contributed by atoms with E-state index in [4.69, 9.17) is 5.73 Å². The first kappa shape index (κ1) is 12.9. The molecule has 5 unspecified atom stereocenters. The molecule has 3 saturated carbocycles. The van der Waals surface area contributed by atoms with E-state index in [1.165, 1.54) is 51.5 Å². The van der Waals surface area contributed by atoms with Crippen LogP contribution < -0.4 is 5.73 Å². The van der Waals surface area contributed by atoms with Gasteiger partial charge in [0.05, 0.1) is 0 Å². The summed E-state index contributed by atoms with van der Waals surface area (Å²) in [6.07, 6.45) is 11.7. The van der Waals surface area contributed by atoms with E-state index in [1.807, 2.05) is 0 Å². The Kier molecular flexibility index (Phi) is 3.95. The first-order chi connectivity index (χ1) is 8.78. The van der Waals surface area contributed by atoms with E-state index in [0.29, 0.717) is 0 Å². The Morgan fingerprint density at radius 1 is 1.00 bits per heavy atom. The van der Waals surface area contributed by atoms with Crippen molar-refractivity contribution in [2.24, 2.45) is 29.4 Å². The molecule has 0 aliphatic heterocycles. The lowest BCUT2D eigenvalue weighted by Gasteiger charge is -2.39. The molecule has 104 valence electrons. The summed E-state index contributed by atoms with van der Waals surface area (Å²) in [6, 6.07) is 0.780. The van der Waals surface area contributed by atoms with Gasteiger partial charge in [0.1, 0.15) is 0 Å². The average molecular weight is 250 g/mol. The molecule has 3 fully saturated rings. The molecular formula is C16H30N2. The van der Waals surface area contributed by atoms with Crippen LogP contribution in [0.15, 0.2) is 0 Å². The molecule has 2 N–H and O–H groups in total. The zero-order chi connectivity index (χ0) is 12.5. The van der Waals surface area contributed by atoms with Crippen LogP contribution in [-0.4, -0.2) is 31.1 Å². The number of hydrogen-bond donors (Lipinski definition) is 1. The fraction of sp³-hybridized carbons (Fsp3) is 1.00. The number of rotatable bonds is 4. The fourth-order valence-corrected chi connectivity index (χ4v) is 5.15. The summed E-state index contributed by atoms with van der Waals surface area (Å²) in [5, 5.41) is 0. The quantitative estimate of drug-likeness (QED) is 0.831. The predicted molar refractivity (Wildman–Crippen MR) is 76.4 cm³/mol. The smallest absolute Gasteiger partial charge is 0.0133 e. The molecule has 0 amide bonds. The second-order valence-corrected chi connectivity index (χ2v) is 7.22. The summed E-state index contributed by atoms with van der Waals surface area (Å²) >= 11 is 0. The lowest BCUT2D eigenvalue weighted by molar-refractivity contribution is 0.103. The molecule has 0 aromatic rings. The Balaban J connectivity index is 1.55. The van der Waals surface area contributed by atoms with Crippen molar-refractivity contribution in [1.29, 1.82) is 0 Å². The highest BCUT2D eigenvalue weighted by Crippen LogP contribution is 2.48. The zero-order valence-electron chi connectivity index (χ0n) is 12.0. The van der Waals surface area contributed by atoms with Crippen LogP contribution in [0.2, 0.25) is 0 Å². The molecule has 3 aliphatic carbocycles. The molecule has 5 atom stereocenters. The first-order valence-electron chi connectivity index (χ1n) is 8.18. The van der Waals surface area contributed by atoms with Gasteiger partial charge < -0.3 is 10.6 Å². The average Bonchev–Trinajstić information content (AvgIpc) is 3.01. The predicted octanol–water partition coefficient (Wildman–Crippen LogP) is 2.87. The van der Waals surface area contributed by atoms with Gasteiger partial charge in [-0.25, -0.2) is 0 Å². The van der Waals surface area contributed by atoms with Crippen molar-refractivity contribution < 1.29 is 0 Å². The molecular weight excluding hydrogens is 220 g/mol. The summed E-state index contributed by atoms with van der Waals surface area (Å²) in [7, 11) is 2.37. The Morgan fingerprint density at radius 3 is 2.50 bits per heavy atom. The van der Waals surface area contributed by atoms with Gasteiger partial charge in [0.15, 0.2) is 0 Å². The van der Waals surface area contributed by atoms with Crippen molar-refractivity contribution >= 4 is 0 Å². The van der Waals surface area contributed by atoms with Crippen molar-refractivity contribution in [1.82, 2.24) is 4.90 Å². The van der Waals surface area contributed by atoms with E-state index in [9.17, 15) is 0 Å². The number of nitrogens with zero attached hydrogens (tertiary/aromatic N) is 1. The molecule has 0 saturated heterocycles. The van der Waals surface area contributed by atoms with E-state index in [2.05, 4.69) is 11.9 Å². The minimum Gasteiger partial charge on any atom is -0.330 e. The molecule has 3 aliphatic rings. The Bertz CT molecular complexity index is 278. The first-order valence-corrected chi connectivity index (χ1v) is 8.18. The fourth-order valence-electron chi connectivity index (χ4n) is 5.15. The van der Waals surface area contributed by atoms with Crippen LogP contribution in [0.1, 0.15) is 51.4 Å². The van der Waals surface area contributed by atoms with E-state index in [0.717, 1.165) is 36.3 Å². The highest BCUT2D eigenvalue weighted by atomic mass is 15.1. The third-order valence-corrected chi connectivity index (χ3v) is 6.14. The normalized spacial score (nSPS) is 43.8. The summed E-state index contributed by atoms with van der Waals surface area (Å²) in [6.45, 7) is 2.24. The second kappa shape index (κ2) is 5.50. The van der Waals surface area contributed by atoms with Crippen molar-refractivity contribution in [2.75, 3.05) is 20.1 Å². The van der Waals surface area contributed by atoms with Crippen molar-refractivity contribution in [3.05, 3.63) is 0 Å². The van der Waals surface area contributed by atoms with Crippen molar-refractivity contribution in [2.45, 2.75) is 57.4 Å². The van der Waals surface area contributed by atoms with Crippen LogP contribution in [0.5, 0.6) is 0 Å². The van der Waals surface area contributed by atoms with E-state index in [-0.39, 0.29) is 0 Å². The molecule has 3 rings (SSSR count). The molecule has 0 aromatic heterocycles. The monoisotopic (exact) mass is 250 g/mol. The third-order valence-electron chi connectivity index (χ3n) is 6.14. The van der Waals surface area contributed by atoms with Crippen LogP contribution in [-0.2, 0) is 0 Å². The Hall–Kier alpha value is -0.0800. The van der Waals surface area contributed by atoms with Crippen LogP contribution in [0.4, 0.5) is 0 Å². The minimum absolute atomic E-state index is 0.766. The summed E-state index contributed by atoms with van der Waals surface area (Å²) in [5.41, 5.74) is 5.97. The summed E-state index contributed by atoms with van der Waals surface area (Å²) in [5.74, 6) is 3.93. The maximum absolute atomic E-state index is 5.97. The van der Waals surface area contributed by atoms with Crippen LogP contribution in [0, 0.1) is 23.7 Å². The van der Waals surface area contributed by atoms with Gasteiger partial charge in [0.25, 0.3) is 0 Å². The van der Waals surface area contributed by atoms with Gasteiger partial charge in [-0.1, -0.05) is 19.3 Å². The third kappa shape index (κ3) is 2.46. The van der Waals surface area contributed by atoms with E-state index >= 15 is 0 Å². The molecule has 2 nitrogen and oxygen atoms in total. The van der Waals surface area contributed by atoms with Crippen LogP contribution in [0.25, 0.3) is 0 Å². The maximum atomic E-state index is 5.97. The van der Waals surface area contributed by atoms with Gasteiger partial charge in [-0.3, -0.25) is 0 Å². The van der Waals surface area contributed by atoms with E-state index in [1.54, 1.807) is 6.42 Å². The summed E-state index contributed by atoms with van der Waals surface area (Å²) in [4.78, 5) is 2.68. The standard InChI is InChI=1S/C16H30N2/c1-18(16-5-3-2-4-14(16)10-17)11-15-9-12-6-7-13(15)8-12/h12-16H,2-11,17H2,1H3. The maximum Gasteiger partial charge on any atom is 0.0133 e. The SMILES string of the molecule is CN(CC1CC2CCC1C2)C1CCCCC1CN. The topological polar surface area (TPSA) is 29.3 Å². The van der Waals surface area contributed by atoms with Crippen molar-refractivity contribution in [3.63, 3.8) is 0 Å². The number of hydrogen-bond acceptors (Lipinski definition) is 2. The number of nitrogens with two attached hydrogens (primary N) is 1. The molecule has 0 aromatic carbocycles.